The monoisotopic (exact) mass is 438 g/mol. The Morgan fingerprint density at radius 1 is 1.03 bits per heavy atom. The van der Waals surface area contributed by atoms with E-state index in [1.807, 2.05) is 36.4 Å². The highest BCUT2D eigenvalue weighted by Gasteiger charge is 2.71. The van der Waals surface area contributed by atoms with Crippen molar-refractivity contribution >= 4 is 22.6 Å². The first-order valence-electron chi connectivity index (χ1n) is 11.0. The largest absolute Gasteiger partial charge is 0.454 e. The van der Waals surface area contributed by atoms with Crippen LogP contribution in [0, 0.1) is 0 Å². The second kappa shape index (κ2) is 6.56. The lowest BCUT2D eigenvalue weighted by Gasteiger charge is -2.34. The molecule has 3 aromatic carbocycles. The second-order valence-electron chi connectivity index (χ2n) is 8.98. The Morgan fingerprint density at radius 3 is 2.61 bits per heavy atom. The van der Waals surface area contributed by atoms with Crippen molar-refractivity contribution in [2.45, 2.75) is 31.1 Å². The van der Waals surface area contributed by atoms with Crippen molar-refractivity contribution in [2.75, 3.05) is 0 Å². The number of para-hydroxylation sites is 1. The van der Waals surface area contributed by atoms with Crippen LogP contribution in [0.1, 0.15) is 57.2 Å². The molecule has 0 fully saturated rings. The van der Waals surface area contributed by atoms with Crippen molar-refractivity contribution in [3.8, 4) is 5.75 Å². The maximum absolute atomic E-state index is 13.9. The van der Waals surface area contributed by atoms with Crippen molar-refractivity contribution in [3.05, 3.63) is 101 Å². The van der Waals surface area contributed by atoms with Crippen molar-refractivity contribution in [3.63, 3.8) is 0 Å². The third-order valence-electron chi connectivity index (χ3n) is 6.85. The fraction of sp³-hybridized carbons (Fsp3) is 0.185. The maximum atomic E-state index is 13.9. The van der Waals surface area contributed by atoms with E-state index in [-0.39, 0.29) is 5.92 Å². The smallest absolute Gasteiger partial charge is 0.271 e. The first-order chi connectivity index (χ1) is 15.9. The first kappa shape index (κ1) is 19.8. The van der Waals surface area contributed by atoms with E-state index in [9.17, 15) is 14.7 Å². The lowest BCUT2D eigenvalue weighted by Crippen LogP contribution is -2.60. The van der Waals surface area contributed by atoms with Crippen molar-refractivity contribution in [1.29, 1.82) is 0 Å². The van der Waals surface area contributed by atoms with Gasteiger partial charge in [-0.1, -0.05) is 68.4 Å². The average molecular weight is 438 g/mol. The molecule has 33 heavy (non-hydrogen) atoms. The fourth-order valence-corrected chi connectivity index (χ4v) is 5.13. The second-order valence-corrected chi connectivity index (χ2v) is 8.98. The molecule has 0 spiro atoms. The SMILES string of the molecule is CC(C)c1ccc2c(c1)OC1(O)c3ccccc3C(=O)C21NC(=O)c1c[nH]c2ccccc12. The molecule has 2 heterocycles. The van der Waals surface area contributed by atoms with Gasteiger partial charge in [0.15, 0.2) is 0 Å². The number of aromatic nitrogens is 1. The molecule has 0 saturated heterocycles. The van der Waals surface area contributed by atoms with Gasteiger partial charge in [0.2, 0.25) is 11.3 Å². The number of rotatable bonds is 3. The number of amides is 1. The number of ether oxygens (including phenoxy) is 1. The first-order valence-corrected chi connectivity index (χ1v) is 11.0. The highest BCUT2D eigenvalue weighted by molar-refractivity contribution is 6.15. The summed E-state index contributed by atoms with van der Waals surface area (Å²) in [5.74, 6) is -2.30. The number of aliphatic hydroxyl groups is 1. The number of benzene rings is 3. The molecule has 1 aromatic heterocycles. The predicted molar refractivity (Wildman–Crippen MR) is 123 cm³/mol. The van der Waals surface area contributed by atoms with Crippen LogP contribution in [0.4, 0.5) is 0 Å². The number of ketones is 1. The van der Waals surface area contributed by atoms with Crippen LogP contribution in [-0.4, -0.2) is 21.8 Å². The topological polar surface area (TPSA) is 91.4 Å². The Hall–Kier alpha value is -3.90. The summed E-state index contributed by atoms with van der Waals surface area (Å²) in [6.07, 6.45) is 1.61. The van der Waals surface area contributed by atoms with E-state index in [2.05, 4.69) is 24.1 Å². The molecule has 164 valence electrons. The van der Waals surface area contributed by atoms with Crippen molar-refractivity contribution in [2.24, 2.45) is 0 Å². The highest BCUT2D eigenvalue weighted by atomic mass is 16.6. The summed E-state index contributed by atoms with van der Waals surface area (Å²) in [5, 5.41) is 15.6. The molecule has 2 unspecified atom stereocenters. The Balaban J connectivity index is 1.55. The minimum absolute atomic E-state index is 0.230. The van der Waals surface area contributed by atoms with Gasteiger partial charge in [-0.15, -0.1) is 0 Å². The van der Waals surface area contributed by atoms with Gasteiger partial charge in [-0.05, 0) is 23.6 Å². The van der Waals surface area contributed by atoms with Gasteiger partial charge >= 0.3 is 0 Å². The number of H-pyrrole nitrogens is 1. The molecule has 2 aliphatic rings. The molecule has 6 heteroatoms. The Labute approximate surface area is 190 Å². The standard InChI is InChI=1S/C27H22N2O4/c1-15(2)16-11-12-21-23(13-16)33-27(32)20-9-5-3-8-18(20)24(30)26(21,27)29-25(31)19-14-28-22-10-6-4-7-17(19)22/h3-15,28,32H,1-2H3,(H,29,31). The number of nitrogens with one attached hydrogen (secondary N) is 2. The summed E-state index contributed by atoms with van der Waals surface area (Å²) in [4.78, 5) is 30.6. The zero-order chi connectivity index (χ0) is 23.0. The van der Waals surface area contributed by atoms with Crippen LogP contribution in [0.25, 0.3) is 10.9 Å². The molecule has 3 N–H and O–H groups in total. The Morgan fingerprint density at radius 2 is 1.79 bits per heavy atom. The summed E-state index contributed by atoms with van der Waals surface area (Å²) in [6.45, 7) is 4.11. The number of fused-ring (bicyclic) bond motifs is 6. The summed E-state index contributed by atoms with van der Waals surface area (Å²) in [7, 11) is 0. The molecular weight excluding hydrogens is 416 g/mol. The zero-order valence-electron chi connectivity index (χ0n) is 18.2. The van der Waals surface area contributed by atoms with E-state index >= 15 is 0 Å². The number of aromatic amines is 1. The number of hydrogen-bond acceptors (Lipinski definition) is 4. The normalized spacial score (nSPS) is 22.7. The molecule has 1 aliphatic carbocycles. The van der Waals surface area contributed by atoms with E-state index < -0.39 is 23.0 Å². The lowest BCUT2D eigenvalue weighted by molar-refractivity contribution is -0.169. The third kappa shape index (κ3) is 2.41. The molecule has 6 rings (SSSR count). The van der Waals surface area contributed by atoms with E-state index in [0.29, 0.717) is 28.0 Å². The molecule has 2 atom stereocenters. The number of carbonyl (C=O) groups excluding carboxylic acids is 2. The Kier molecular flexibility index (Phi) is 3.93. The van der Waals surface area contributed by atoms with Gasteiger partial charge in [0.1, 0.15) is 5.75 Å². The van der Waals surface area contributed by atoms with Crippen LogP contribution in [0.2, 0.25) is 0 Å². The molecule has 6 nitrogen and oxygen atoms in total. The fourth-order valence-electron chi connectivity index (χ4n) is 5.13. The summed E-state index contributed by atoms with van der Waals surface area (Å²) < 4.78 is 6.13. The van der Waals surface area contributed by atoms with Gasteiger partial charge < -0.3 is 20.1 Å². The van der Waals surface area contributed by atoms with Crippen LogP contribution >= 0.6 is 0 Å². The molecule has 0 saturated carbocycles. The quantitative estimate of drug-likeness (QED) is 0.444. The molecule has 1 aliphatic heterocycles. The third-order valence-corrected chi connectivity index (χ3v) is 6.85. The minimum Gasteiger partial charge on any atom is -0.454 e. The number of carbonyl (C=O) groups is 2. The molecule has 0 radical (unpaired) electrons. The van der Waals surface area contributed by atoms with Crippen LogP contribution < -0.4 is 10.1 Å². The maximum Gasteiger partial charge on any atom is 0.271 e. The minimum atomic E-state index is -2.06. The van der Waals surface area contributed by atoms with Crippen LogP contribution in [0.15, 0.2) is 72.9 Å². The van der Waals surface area contributed by atoms with Gasteiger partial charge in [-0.2, -0.15) is 0 Å². The highest BCUT2D eigenvalue weighted by Crippen LogP contribution is 2.58. The zero-order valence-corrected chi connectivity index (χ0v) is 18.2. The van der Waals surface area contributed by atoms with E-state index in [1.165, 1.54) is 0 Å². The lowest BCUT2D eigenvalue weighted by atomic mass is 9.82. The predicted octanol–water partition coefficient (Wildman–Crippen LogP) is 4.35. The van der Waals surface area contributed by atoms with E-state index in [4.69, 9.17) is 4.74 Å². The average Bonchev–Trinajstić information content (AvgIpc) is 3.41. The van der Waals surface area contributed by atoms with Crippen molar-refractivity contribution in [1.82, 2.24) is 10.3 Å². The molecule has 0 bridgehead atoms. The van der Waals surface area contributed by atoms with E-state index in [1.54, 1.807) is 36.5 Å². The molecule has 4 aromatic rings. The summed E-state index contributed by atoms with van der Waals surface area (Å²) in [5.41, 5.74) is 1.53. The van der Waals surface area contributed by atoms with Gasteiger partial charge in [0.05, 0.1) is 5.56 Å². The molecule has 1 amide bonds. The van der Waals surface area contributed by atoms with Gasteiger partial charge in [0, 0.05) is 33.8 Å². The molecular formula is C27H22N2O4. The summed E-state index contributed by atoms with van der Waals surface area (Å²) >= 11 is 0. The van der Waals surface area contributed by atoms with Crippen LogP contribution in [0.5, 0.6) is 5.75 Å². The van der Waals surface area contributed by atoms with Gasteiger partial charge in [-0.3, -0.25) is 9.59 Å². The number of Topliss-reactive ketones (excluding diaryl/α,β-unsaturated/α-hetero) is 1. The van der Waals surface area contributed by atoms with Crippen molar-refractivity contribution < 1.29 is 19.4 Å². The van der Waals surface area contributed by atoms with Gasteiger partial charge in [-0.25, -0.2) is 0 Å². The van der Waals surface area contributed by atoms with Gasteiger partial charge in [0.25, 0.3) is 11.7 Å². The number of hydrogen-bond donors (Lipinski definition) is 3. The van der Waals surface area contributed by atoms with Crippen LogP contribution in [0.3, 0.4) is 0 Å². The summed E-state index contributed by atoms with van der Waals surface area (Å²) in [6, 6.07) is 19.8. The van der Waals surface area contributed by atoms with Crippen LogP contribution in [-0.2, 0) is 11.3 Å². The Bertz CT molecular complexity index is 1470. The van der Waals surface area contributed by atoms with E-state index in [0.717, 1.165) is 16.5 Å².